The van der Waals surface area contributed by atoms with Gasteiger partial charge in [-0.1, -0.05) is 69.3 Å². The van der Waals surface area contributed by atoms with Crippen molar-refractivity contribution >= 4 is 10.0 Å². The van der Waals surface area contributed by atoms with Crippen LogP contribution in [0, 0.1) is 0 Å². The second kappa shape index (κ2) is 7.62. The molecular weight excluding hydrogens is 356 g/mol. The van der Waals surface area contributed by atoms with Gasteiger partial charge in [-0.3, -0.25) is 4.98 Å². The molecule has 0 saturated carbocycles. The second-order valence-corrected chi connectivity index (χ2v) is 9.21. The molecule has 3 rings (SSSR count). The molecule has 0 aliphatic carbocycles. The zero-order chi connectivity index (χ0) is 19.5. The molecule has 0 bridgehead atoms. The van der Waals surface area contributed by atoms with E-state index in [9.17, 15) is 8.42 Å². The van der Waals surface area contributed by atoms with Crippen LogP contribution in [-0.4, -0.2) is 13.4 Å². The van der Waals surface area contributed by atoms with E-state index in [0.717, 1.165) is 11.1 Å². The van der Waals surface area contributed by atoms with Gasteiger partial charge in [-0.25, -0.2) is 8.42 Å². The van der Waals surface area contributed by atoms with Crippen molar-refractivity contribution in [3.63, 3.8) is 0 Å². The van der Waals surface area contributed by atoms with Crippen LogP contribution < -0.4 is 4.72 Å². The molecule has 0 aliphatic rings. The number of rotatable bonds is 5. The first-order valence-electron chi connectivity index (χ1n) is 8.86. The summed E-state index contributed by atoms with van der Waals surface area (Å²) in [5.41, 5.74) is 2.55. The van der Waals surface area contributed by atoms with E-state index in [0.29, 0.717) is 5.69 Å². The molecule has 0 spiro atoms. The van der Waals surface area contributed by atoms with Gasteiger partial charge < -0.3 is 0 Å². The van der Waals surface area contributed by atoms with Gasteiger partial charge >= 0.3 is 0 Å². The third-order valence-corrected chi connectivity index (χ3v) is 5.86. The first-order valence-corrected chi connectivity index (χ1v) is 10.3. The summed E-state index contributed by atoms with van der Waals surface area (Å²) >= 11 is 0. The average molecular weight is 381 g/mol. The molecule has 5 heteroatoms. The van der Waals surface area contributed by atoms with Gasteiger partial charge in [0, 0.05) is 6.20 Å². The van der Waals surface area contributed by atoms with Crippen LogP contribution in [0.1, 0.15) is 43.6 Å². The predicted molar refractivity (Wildman–Crippen MR) is 108 cm³/mol. The summed E-state index contributed by atoms with van der Waals surface area (Å²) in [5, 5.41) is 0. The Balaban J connectivity index is 1.95. The summed E-state index contributed by atoms with van der Waals surface area (Å²) in [7, 11) is -3.71. The zero-order valence-electron chi connectivity index (χ0n) is 15.8. The summed E-state index contributed by atoms with van der Waals surface area (Å²) < 4.78 is 28.8. The van der Waals surface area contributed by atoms with Crippen LogP contribution in [0.4, 0.5) is 0 Å². The smallest absolute Gasteiger partial charge is 0.241 e. The Labute approximate surface area is 161 Å². The minimum atomic E-state index is -3.71. The maximum atomic E-state index is 13.0. The van der Waals surface area contributed by atoms with E-state index in [1.165, 1.54) is 0 Å². The summed E-state index contributed by atoms with van der Waals surface area (Å²) in [4.78, 5) is 4.60. The van der Waals surface area contributed by atoms with Crippen molar-refractivity contribution < 1.29 is 8.42 Å². The van der Waals surface area contributed by atoms with E-state index >= 15 is 0 Å². The monoisotopic (exact) mass is 380 g/mol. The average Bonchev–Trinajstić information content (AvgIpc) is 2.67. The molecular formula is C22H24N2O2S. The molecule has 1 atom stereocenters. The van der Waals surface area contributed by atoms with Crippen molar-refractivity contribution in [3.8, 4) is 0 Å². The Bertz CT molecular complexity index is 938. The molecule has 0 fully saturated rings. The van der Waals surface area contributed by atoms with Gasteiger partial charge in [0.25, 0.3) is 0 Å². The van der Waals surface area contributed by atoms with Gasteiger partial charge in [0.05, 0.1) is 16.6 Å². The number of benzene rings is 2. The number of hydrogen-bond donors (Lipinski definition) is 1. The lowest BCUT2D eigenvalue weighted by Gasteiger charge is -2.21. The fraction of sp³-hybridized carbons (Fsp3) is 0.227. The molecule has 1 aromatic heterocycles. The van der Waals surface area contributed by atoms with Crippen LogP contribution in [0.15, 0.2) is 83.9 Å². The van der Waals surface area contributed by atoms with Gasteiger partial charge in [-0.15, -0.1) is 0 Å². The normalized spacial score (nSPS) is 13.3. The van der Waals surface area contributed by atoms with Crippen LogP contribution in [0.3, 0.4) is 0 Å². The van der Waals surface area contributed by atoms with Gasteiger partial charge in [0.15, 0.2) is 0 Å². The van der Waals surface area contributed by atoms with Crippen molar-refractivity contribution in [1.82, 2.24) is 9.71 Å². The highest BCUT2D eigenvalue weighted by Gasteiger charge is 2.24. The Hall–Kier alpha value is -2.50. The Morgan fingerprint density at radius 2 is 1.48 bits per heavy atom. The number of pyridine rings is 1. The van der Waals surface area contributed by atoms with Crippen molar-refractivity contribution in [3.05, 3.63) is 95.8 Å². The van der Waals surface area contributed by atoms with Gasteiger partial charge in [-0.05, 0) is 40.8 Å². The maximum absolute atomic E-state index is 13.0. The maximum Gasteiger partial charge on any atom is 0.241 e. The minimum absolute atomic E-state index is 0.0315. The molecule has 2 aromatic carbocycles. The summed E-state index contributed by atoms with van der Waals surface area (Å²) in [6.07, 6.45) is 1.66. The van der Waals surface area contributed by atoms with E-state index in [-0.39, 0.29) is 10.3 Å². The topological polar surface area (TPSA) is 59.1 Å². The van der Waals surface area contributed by atoms with Crippen LogP contribution in [-0.2, 0) is 15.4 Å². The SMILES string of the molecule is CC(C)(C)c1ccc(S(=O)(=O)NC(c2ccccc2)c2ccccn2)cc1. The van der Waals surface area contributed by atoms with Crippen LogP contribution >= 0.6 is 0 Å². The lowest BCUT2D eigenvalue weighted by molar-refractivity contribution is 0.568. The summed E-state index contributed by atoms with van der Waals surface area (Å²) in [5.74, 6) is 0. The summed E-state index contributed by atoms with van der Waals surface area (Å²) in [6.45, 7) is 6.30. The molecule has 1 N–H and O–H groups in total. The third-order valence-electron chi connectivity index (χ3n) is 4.42. The highest BCUT2D eigenvalue weighted by molar-refractivity contribution is 7.89. The zero-order valence-corrected chi connectivity index (χ0v) is 16.6. The molecule has 27 heavy (non-hydrogen) atoms. The van der Waals surface area contributed by atoms with E-state index < -0.39 is 16.1 Å². The van der Waals surface area contributed by atoms with Crippen molar-refractivity contribution in [1.29, 1.82) is 0 Å². The number of hydrogen-bond acceptors (Lipinski definition) is 3. The van der Waals surface area contributed by atoms with Gasteiger partial charge in [0.1, 0.15) is 0 Å². The Morgan fingerprint density at radius 1 is 0.852 bits per heavy atom. The lowest BCUT2D eigenvalue weighted by atomic mass is 9.87. The molecule has 1 heterocycles. The molecule has 0 aliphatic heterocycles. The van der Waals surface area contributed by atoms with Gasteiger partial charge in [0.2, 0.25) is 10.0 Å². The number of nitrogens with zero attached hydrogens (tertiary/aromatic N) is 1. The van der Waals surface area contributed by atoms with Crippen LogP contribution in [0.25, 0.3) is 0 Å². The van der Waals surface area contributed by atoms with E-state index in [4.69, 9.17) is 0 Å². The first-order chi connectivity index (χ1) is 12.8. The van der Waals surface area contributed by atoms with E-state index in [2.05, 4.69) is 30.5 Å². The molecule has 1 unspecified atom stereocenters. The predicted octanol–water partition coefficient (Wildman–Crippen LogP) is 4.45. The first kappa shape index (κ1) is 19.3. The highest BCUT2D eigenvalue weighted by atomic mass is 32.2. The summed E-state index contributed by atoms with van der Waals surface area (Å²) in [6, 6.07) is 21.4. The largest absolute Gasteiger partial charge is 0.259 e. The Morgan fingerprint density at radius 3 is 2.04 bits per heavy atom. The van der Waals surface area contributed by atoms with Crippen LogP contribution in [0.2, 0.25) is 0 Å². The molecule has 0 saturated heterocycles. The number of nitrogens with one attached hydrogen (secondary N) is 1. The Kier molecular flexibility index (Phi) is 5.44. The highest BCUT2D eigenvalue weighted by Crippen LogP contribution is 2.26. The molecule has 140 valence electrons. The number of sulfonamides is 1. The second-order valence-electron chi connectivity index (χ2n) is 7.49. The molecule has 0 radical (unpaired) electrons. The van der Waals surface area contributed by atoms with E-state index in [1.54, 1.807) is 18.3 Å². The van der Waals surface area contributed by atoms with Crippen molar-refractivity contribution in [2.75, 3.05) is 0 Å². The molecule has 4 nitrogen and oxygen atoms in total. The molecule has 3 aromatic rings. The fourth-order valence-corrected chi connectivity index (χ4v) is 4.05. The quantitative estimate of drug-likeness (QED) is 0.711. The van der Waals surface area contributed by atoms with E-state index in [1.807, 2.05) is 60.7 Å². The molecule has 0 amide bonds. The number of aromatic nitrogens is 1. The standard InChI is InChI=1S/C22H24N2O2S/c1-22(2,3)18-12-14-19(15-13-18)27(25,26)24-21(17-9-5-4-6-10-17)20-11-7-8-16-23-20/h4-16,21,24H,1-3H3. The third kappa shape index (κ3) is 4.62. The van der Waals surface area contributed by atoms with Crippen molar-refractivity contribution in [2.45, 2.75) is 37.1 Å². The van der Waals surface area contributed by atoms with Gasteiger partial charge in [-0.2, -0.15) is 4.72 Å². The van der Waals surface area contributed by atoms with Crippen LogP contribution in [0.5, 0.6) is 0 Å². The minimum Gasteiger partial charge on any atom is -0.259 e. The lowest BCUT2D eigenvalue weighted by Crippen LogP contribution is -2.30. The van der Waals surface area contributed by atoms with Crippen molar-refractivity contribution in [2.24, 2.45) is 0 Å². The fourth-order valence-electron chi connectivity index (χ4n) is 2.85.